The molecule has 0 unspecified atom stereocenters. The molecule has 3 heterocycles. The highest BCUT2D eigenvalue weighted by atomic mass is 16.6. The minimum atomic E-state index is -0.385. The summed E-state index contributed by atoms with van der Waals surface area (Å²) in [5.41, 5.74) is 0.952. The van der Waals surface area contributed by atoms with E-state index >= 15 is 0 Å². The molecule has 1 amide bonds. The molecule has 0 bridgehead atoms. The number of nitro groups is 1. The number of rotatable bonds is 4. The number of piperazine rings is 2. The molecule has 1 aromatic heterocycles. The fourth-order valence-electron chi connectivity index (χ4n) is 3.98. The molecule has 2 saturated heterocycles. The van der Waals surface area contributed by atoms with E-state index in [0.29, 0.717) is 37.4 Å². The Morgan fingerprint density at radius 3 is 2.30 bits per heavy atom. The van der Waals surface area contributed by atoms with E-state index in [-0.39, 0.29) is 16.5 Å². The molecular formula is C21H26N6O3. The number of pyridine rings is 1. The van der Waals surface area contributed by atoms with Crippen LogP contribution in [-0.2, 0) is 0 Å². The maximum Gasteiger partial charge on any atom is 0.293 e. The molecule has 0 spiro atoms. The largest absolute Gasteiger partial charge is 0.363 e. The molecule has 4 rings (SSSR count). The highest BCUT2D eigenvalue weighted by molar-refractivity contribution is 5.96. The second-order valence-corrected chi connectivity index (χ2v) is 7.72. The van der Waals surface area contributed by atoms with Crippen LogP contribution in [0, 0.1) is 10.1 Å². The van der Waals surface area contributed by atoms with Crippen molar-refractivity contribution in [1.29, 1.82) is 0 Å². The van der Waals surface area contributed by atoms with Gasteiger partial charge in [0, 0.05) is 70.2 Å². The third kappa shape index (κ3) is 4.20. The third-order valence-electron chi connectivity index (χ3n) is 5.80. The minimum Gasteiger partial charge on any atom is -0.363 e. The molecule has 0 aliphatic carbocycles. The van der Waals surface area contributed by atoms with Gasteiger partial charge in [-0.1, -0.05) is 6.07 Å². The van der Waals surface area contributed by atoms with E-state index in [1.807, 2.05) is 30.1 Å². The van der Waals surface area contributed by atoms with Crippen LogP contribution < -0.4 is 9.80 Å². The summed E-state index contributed by atoms with van der Waals surface area (Å²) < 4.78 is 0. The van der Waals surface area contributed by atoms with E-state index in [0.717, 1.165) is 32.0 Å². The van der Waals surface area contributed by atoms with Crippen molar-refractivity contribution in [2.75, 3.05) is 69.2 Å². The number of nitro benzene ring substituents is 1. The fourth-order valence-corrected chi connectivity index (χ4v) is 3.98. The van der Waals surface area contributed by atoms with Gasteiger partial charge in [-0.2, -0.15) is 0 Å². The van der Waals surface area contributed by atoms with Gasteiger partial charge in [-0.3, -0.25) is 14.9 Å². The summed E-state index contributed by atoms with van der Waals surface area (Å²) in [6.07, 6.45) is 1.76. The van der Waals surface area contributed by atoms with Gasteiger partial charge < -0.3 is 19.6 Å². The standard InChI is InChI=1S/C21H26N6O3/c1-23-8-10-24(11-9-23)18-6-5-17(16-19(18)27(29)30)21(28)26-14-12-25(13-15-26)20-4-2-3-7-22-20/h2-7,16H,8-15H2,1H3. The number of amides is 1. The van der Waals surface area contributed by atoms with Crippen LogP contribution in [-0.4, -0.2) is 85.0 Å². The number of aromatic nitrogens is 1. The molecular weight excluding hydrogens is 384 g/mol. The zero-order valence-electron chi connectivity index (χ0n) is 17.1. The molecule has 0 radical (unpaired) electrons. The zero-order chi connectivity index (χ0) is 21.1. The number of likely N-dealkylation sites (N-methyl/N-ethyl adjacent to an activating group) is 1. The number of hydrogen-bond donors (Lipinski definition) is 0. The van der Waals surface area contributed by atoms with Crippen molar-refractivity contribution in [3.63, 3.8) is 0 Å². The van der Waals surface area contributed by atoms with Crippen molar-refractivity contribution in [3.05, 3.63) is 58.3 Å². The van der Waals surface area contributed by atoms with Crippen molar-refractivity contribution in [2.24, 2.45) is 0 Å². The van der Waals surface area contributed by atoms with Gasteiger partial charge in [0.05, 0.1) is 4.92 Å². The molecule has 0 saturated carbocycles. The molecule has 2 fully saturated rings. The number of hydrogen-bond acceptors (Lipinski definition) is 7. The van der Waals surface area contributed by atoms with Crippen LogP contribution in [0.1, 0.15) is 10.4 Å². The lowest BCUT2D eigenvalue weighted by Crippen LogP contribution is -2.49. The van der Waals surface area contributed by atoms with Crippen LogP contribution in [0.2, 0.25) is 0 Å². The Labute approximate surface area is 175 Å². The maximum absolute atomic E-state index is 13.0. The van der Waals surface area contributed by atoms with E-state index in [9.17, 15) is 14.9 Å². The van der Waals surface area contributed by atoms with Gasteiger partial charge in [0.25, 0.3) is 11.6 Å². The molecule has 9 nitrogen and oxygen atoms in total. The summed E-state index contributed by atoms with van der Waals surface area (Å²) in [5, 5.41) is 11.7. The lowest BCUT2D eigenvalue weighted by molar-refractivity contribution is -0.384. The van der Waals surface area contributed by atoms with E-state index in [2.05, 4.69) is 14.8 Å². The SMILES string of the molecule is CN1CCN(c2ccc(C(=O)N3CCN(c4ccccn4)CC3)cc2[N+](=O)[O-])CC1. The monoisotopic (exact) mass is 410 g/mol. The highest BCUT2D eigenvalue weighted by Gasteiger charge is 2.27. The highest BCUT2D eigenvalue weighted by Crippen LogP contribution is 2.30. The number of nitrogens with zero attached hydrogens (tertiary/aromatic N) is 6. The van der Waals surface area contributed by atoms with Gasteiger partial charge in [0.1, 0.15) is 11.5 Å². The topological polar surface area (TPSA) is 86.1 Å². The summed E-state index contributed by atoms with van der Waals surface area (Å²) in [5.74, 6) is 0.737. The van der Waals surface area contributed by atoms with E-state index < -0.39 is 0 Å². The lowest BCUT2D eigenvalue weighted by atomic mass is 10.1. The summed E-state index contributed by atoms with van der Waals surface area (Å²) in [6.45, 7) is 5.68. The quantitative estimate of drug-likeness (QED) is 0.560. The fraction of sp³-hybridized carbons (Fsp3) is 0.429. The lowest BCUT2D eigenvalue weighted by Gasteiger charge is -2.35. The molecule has 2 aliphatic rings. The molecule has 2 aromatic rings. The van der Waals surface area contributed by atoms with Crippen molar-refractivity contribution < 1.29 is 9.72 Å². The van der Waals surface area contributed by atoms with Gasteiger partial charge in [0.15, 0.2) is 0 Å². The number of benzene rings is 1. The van der Waals surface area contributed by atoms with E-state index in [4.69, 9.17) is 0 Å². The van der Waals surface area contributed by atoms with Gasteiger partial charge in [-0.25, -0.2) is 4.98 Å². The second-order valence-electron chi connectivity index (χ2n) is 7.72. The van der Waals surface area contributed by atoms with Crippen LogP contribution >= 0.6 is 0 Å². The summed E-state index contributed by atoms with van der Waals surface area (Å²) in [7, 11) is 2.04. The molecule has 0 N–H and O–H groups in total. The Hall–Kier alpha value is -3.20. The predicted molar refractivity (Wildman–Crippen MR) is 115 cm³/mol. The van der Waals surface area contributed by atoms with Crippen molar-refractivity contribution in [1.82, 2.24) is 14.8 Å². The zero-order valence-corrected chi connectivity index (χ0v) is 17.1. The molecule has 0 atom stereocenters. The van der Waals surface area contributed by atoms with Gasteiger partial charge >= 0.3 is 0 Å². The van der Waals surface area contributed by atoms with E-state index in [1.165, 1.54) is 6.07 Å². The predicted octanol–water partition coefficient (Wildman–Crippen LogP) is 1.70. The first-order chi connectivity index (χ1) is 14.5. The van der Waals surface area contributed by atoms with Crippen molar-refractivity contribution in [2.45, 2.75) is 0 Å². The van der Waals surface area contributed by atoms with Gasteiger partial charge in [-0.05, 0) is 31.3 Å². The van der Waals surface area contributed by atoms with Crippen LogP contribution in [0.15, 0.2) is 42.6 Å². The first-order valence-electron chi connectivity index (χ1n) is 10.2. The smallest absolute Gasteiger partial charge is 0.293 e. The van der Waals surface area contributed by atoms with Crippen molar-refractivity contribution >= 4 is 23.1 Å². The number of carbonyl (C=O) groups excluding carboxylic acids is 1. The first-order valence-corrected chi connectivity index (χ1v) is 10.2. The molecule has 9 heteroatoms. The molecule has 30 heavy (non-hydrogen) atoms. The summed E-state index contributed by atoms with van der Waals surface area (Å²) in [4.78, 5) is 36.8. The summed E-state index contributed by atoms with van der Waals surface area (Å²) in [6, 6.07) is 10.6. The average Bonchev–Trinajstić information content (AvgIpc) is 2.79. The number of anilines is 2. The molecule has 2 aliphatic heterocycles. The van der Waals surface area contributed by atoms with Gasteiger partial charge in [0.2, 0.25) is 0 Å². The van der Waals surface area contributed by atoms with Crippen LogP contribution in [0.4, 0.5) is 17.2 Å². The molecule has 1 aromatic carbocycles. The minimum absolute atomic E-state index is 0.00229. The van der Waals surface area contributed by atoms with Crippen LogP contribution in [0.25, 0.3) is 0 Å². The van der Waals surface area contributed by atoms with E-state index in [1.54, 1.807) is 23.2 Å². The second kappa shape index (κ2) is 8.66. The van der Waals surface area contributed by atoms with Crippen LogP contribution in [0.3, 0.4) is 0 Å². The van der Waals surface area contributed by atoms with Gasteiger partial charge in [-0.15, -0.1) is 0 Å². The normalized spacial score (nSPS) is 17.8. The average molecular weight is 410 g/mol. The van der Waals surface area contributed by atoms with Crippen molar-refractivity contribution in [3.8, 4) is 0 Å². The van der Waals surface area contributed by atoms with Crippen LogP contribution in [0.5, 0.6) is 0 Å². The Kier molecular flexibility index (Phi) is 5.80. The Morgan fingerprint density at radius 1 is 0.967 bits per heavy atom. The first kappa shape index (κ1) is 20.1. The summed E-state index contributed by atoms with van der Waals surface area (Å²) >= 11 is 0. The Bertz CT molecular complexity index is 906. The third-order valence-corrected chi connectivity index (χ3v) is 5.80. The molecule has 158 valence electrons. The maximum atomic E-state index is 13.0. The Balaban J connectivity index is 1.46. The number of carbonyl (C=O) groups is 1. The Morgan fingerprint density at radius 2 is 1.67 bits per heavy atom.